The minimum Gasteiger partial charge on any atom is -0.288 e. The maximum absolute atomic E-state index is 13.2. The molecule has 0 radical (unpaired) electrons. The number of aryl methyl sites for hydroxylation is 2. The van der Waals surface area contributed by atoms with Gasteiger partial charge in [0, 0.05) is 5.56 Å². The van der Waals surface area contributed by atoms with E-state index in [1.54, 1.807) is 13.0 Å². The van der Waals surface area contributed by atoms with Gasteiger partial charge in [0.1, 0.15) is 10.7 Å². The van der Waals surface area contributed by atoms with E-state index in [1.807, 2.05) is 6.92 Å². The molecule has 1 aromatic heterocycles. The SMILES string of the molecule is CCCc1nnsc1C(=O)c1ccc(F)c(C)c1. The lowest BCUT2D eigenvalue weighted by molar-refractivity contribution is 0.104. The molecule has 0 unspecified atom stereocenters. The number of hydrogen-bond acceptors (Lipinski definition) is 4. The van der Waals surface area contributed by atoms with Crippen LogP contribution in [0.1, 0.15) is 39.8 Å². The molecule has 2 aromatic rings. The molecule has 5 heteroatoms. The van der Waals surface area contributed by atoms with Crippen molar-refractivity contribution in [2.45, 2.75) is 26.7 Å². The molecule has 0 amide bonds. The molecular weight excluding hydrogens is 251 g/mol. The van der Waals surface area contributed by atoms with Crippen LogP contribution >= 0.6 is 11.5 Å². The summed E-state index contributed by atoms with van der Waals surface area (Å²) in [7, 11) is 0. The highest BCUT2D eigenvalue weighted by Crippen LogP contribution is 2.19. The Morgan fingerprint density at radius 3 is 2.89 bits per heavy atom. The van der Waals surface area contributed by atoms with Crippen LogP contribution < -0.4 is 0 Å². The topological polar surface area (TPSA) is 42.9 Å². The second-order valence-corrected chi connectivity index (χ2v) is 4.85. The molecule has 1 aromatic carbocycles. The summed E-state index contributed by atoms with van der Waals surface area (Å²) in [6.45, 7) is 3.67. The van der Waals surface area contributed by atoms with Crippen LogP contribution in [0.25, 0.3) is 0 Å². The molecule has 0 aliphatic rings. The highest BCUT2D eigenvalue weighted by atomic mass is 32.1. The summed E-state index contributed by atoms with van der Waals surface area (Å²) in [4.78, 5) is 12.8. The van der Waals surface area contributed by atoms with Crippen molar-refractivity contribution in [3.63, 3.8) is 0 Å². The van der Waals surface area contributed by atoms with Crippen molar-refractivity contribution in [3.8, 4) is 0 Å². The number of hydrogen-bond donors (Lipinski definition) is 0. The van der Waals surface area contributed by atoms with Crippen LogP contribution in [0.3, 0.4) is 0 Å². The first kappa shape index (κ1) is 12.8. The molecule has 2 rings (SSSR count). The van der Waals surface area contributed by atoms with Crippen molar-refractivity contribution < 1.29 is 9.18 Å². The van der Waals surface area contributed by atoms with E-state index in [9.17, 15) is 9.18 Å². The van der Waals surface area contributed by atoms with Gasteiger partial charge in [-0.1, -0.05) is 17.8 Å². The zero-order valence-corrected chi connectivity index (χ0v) is 11.1. The lowest BCUT2D eigenvalue weighted by Gasteiger charge is -2.02. The maximum Gasteiger partial charge on any atom is 0.206 e. The number of ketones is 1. The Labute approximate surface area is 109 Å². The fourth-order valence-corrected chi connectivity index (χ4v) is 2.37. The Hall–Kier alpha value is -1.62. The molecule has 0 spiro atoms. The lowest BCUT2D eigenvalue weighted by Crippen LogP contribution is -2.03. The maximum atomic E-state index is 13.2. The molecule has 94 valence electrons. The molecule has 18 heavy (non-hydrogen) atoms. The average Bonchev–Trinajstić information content (AvgIpc) is 2.80. The third kappa shape index (κ3) is 2.46. The third-order valence-corrected chi connectivity index (χ3v) is 3.44. The van der Waals surface area contributed by atoms with Gasteiger partial charge in [0.2, 0.25) is 5.78 Å². The summed E-state index contributed by atoms with van der Waals surface area (Å²) in [6, 6.07) is 4.38. The second-order valence-electron chi connectivity index (χ2n) is 4.09. The lowest BCUT2D eigenvalue weighted by atomic mass is 10.0. The van der Waals surface area contributed by atoms with E-state index in [2.05, 4.69) is 9.59 Å². The largest absolute Gasteiger partial charge is 0.288 e. The second kappa shape index (κ2) is 5.35. The third-order valence-electron chi connectivity index (χ3n) is 2.67. The minimum absolute atomic E-state index is 0.128. The fraction of sp³-hybridized carbons (Fsp3) is 0.308. The molecule has 0 bridgehead atoms. The number of halogens is 1. The summed E-state index contributed by atoms with van der Waals surface area (Å²) in [5, 5.41) is 3.97. The first-order chi connectivity index (χ1) is 8.63. The van der Waals surface area contributed by atoms with E-state index >= 15 is 0 Å². The highest BCUT2D eigenvalue weighted by molar-refractivity contribution is 7.08. The number of benzene rings is 1. The van der Waals surface area contributed by atoms with Crippen molar-refractivity contribution in [2.75, 3.05) is 0 Å². The van der Waals surface area contributed by atoms with Crippen molar-refractivity contribution in [1.82, 2.24) is 9.59 Å². The van der Waals surface area contributed by atoms with Crippen LogP contribution in [-0.2, 0) is 6.42 Å². The molecule has 1 heterocycles. The predicted octanol–water partition coefficient (Wildman–Crippen LogP) is 3.17. The molecule has 0 aliphatic carbocycles. The van der Waals surface area contributed by atoms with Gasteiger partial charge in [-0.3, -0.25) is 4.79 Å². The van der Waals surface area contributed by atoms with E-state index in [0.717, 1.165) is 30.1 Å². The molecule has 0 saturated heterocycles. The Kier molecular flexibility index (Phi) is 3.81. The van der Waals surface area contributed by atoms with E-state index in [0.29, 0.717) is 16.0 Å². The standard InChI is InChI=1S/C13H13FN2OS/c1-3-4-11-13(18-16-15-11)12(17)9-5-6-10(14)8(2)7-9/h5-7H,3-4H2,1-2H3. The summed E-state index contributed by atoms with van der Waals surface area (Å²) in [5.74, 6) is -0.431. The van der Waals surface area contributed by atoms with Gasteiger partial charge in [0.25, 0.3) is 0 Å². The Bertz CT molecular complexity index is 580. The van der Waals surface area contributed by atoms with Crippen molar-refractivity contribution >= 4 is 17.3 Å². The van der Waals surface area contributed by atoms with E-state index in [-0.39, 0.29) is 11.6 Å². The predicted molar refractivity (Wildman–Crippen MR) is 68.5 cm³/mol. The van der Waals surface area contributed by atoms with Gasteiger partial charge in [0.15, 0.2) is 0 Å². The molecule has 0 atom stereocenters. The fourth-order valence-electron chi connectivity index (χ4n) is 1.70. The van der Waals surface area contributed by atoms with Gasteiger partial charge in [-0.25, -0.2) is 4.39 Å². The van der Waals surface area contributed by atoms with Crippen molar-refractivity contribution in [2.24, 2.45) is 0 Å². The number of aromatic nitrogens is 2. The minimum atomic E-state index is -0.303. The molecule has 0 fully saturated rings. The van der Waals surface area contributed by atoms with Crippen LogP contribution in [0.15, 0.2) is 18.2 Å². The first-order valence-electron chi connectivity index (χ1n) is 5.75. The summed E-state index contributed by atoms with van der Waals surface area (Å²) in [5.41, 5.74) is 1.68. The van der Waals surface area contributed by atoms with Crippen molar-refractivity contribution in [1.29, 1.82) is 0 Å². The molecule has 3 nitrogen and oxygen atoms in total. The zero-order valence-electron chi connectivity index (χ0n) is 10.2. The average molecular weight is 264 g/mol. The first-order valence-corrected chi connectivity index (χ1v) is 6.53. The quantitative estimate of drug-likeness (QED) is 0.797. The van der Waals surface area contributed by atoms with E-state index in [1.165, 1.54) is 12.1 Å². The van der Waals surface area contributed by atoms with Gasteiger partial charge in [-0.05, 0) is 48.6 Å². The van der Waals surface area contributed by atoms with Crippen LogP contribution in [0, 0.1) is 12.7 Å². The number of rotatable bonds is 4. The molecular formula is C13H13FN2OS. The highest BCUT2D eigenvalue weighted by Gasteiger charge is 2.18. The smallest absolute Gasteiger partial charge is 0.206 e. The van der Waals surface area contributed by atoms with Crippen LogP contribution in [0.2, 0.25) is 0 Å². The van der Waals surface area contributed by atoms with Gasteiger partial charge < -0.3 is 0 Å². The Morgan fingerprint density at radius 2 is 2.22 bits per heavy atom. The molecule has 0 N–H and O–H groups in total. The van der Waals surface area contributed by atoms with Gasteiger partial charge in [-0.2, -0.15) is 0 Å². The van der Waals surface area contributed by atoms with E-state index < -0.39 is 0 Å². The summed E-state index contributed by atoms with van der Waals surface area (Å²) in [6.07, 6.45) is 1.64. The molecule has 0 aliphatic heterocycles. The number of carbonyl (C=O) groups is 1. The van der Waals surface area contributed by atoms with E-state index in [4.69, 9.17) is 0 Å². The van der Waals surface area contributed by atoms with Gasteiger partial charge in [0.05, 0.1) is 5.69 Å². The molecule has 0 saturated carbocycles. The number of nitrogens with zero attached hydrogens (tertiary/aromatic N) is 2. The monoisotopic (exact) mass is 264 g/mol. The summed E-state index contributed by atoms with van der Waals surface area (Å²) < 4.78 is 17.0. The normalized spacial score (nSPS) is 10.6. The zero-order chi connectivity index (χ0) is 13.1. The van der Waals surface area contributed by atoms with Crippen LogP contribution in [0.5, 0.6) is 0 Å². The Balaban J connectivity index is 2.35. The van der Waals surface area contributed by atoms with Crippen molar-refractivity contribution in [3.05, 3.63) is 45.7 Å². The van der Waals surface area contributed by atoms with Crippen LogP contribution in [0.4, 0.5) is 4.39 Å². The van der Waals surface area contributed by atoms with Gasteiger partial charge in [-0.15, -0.1) is 5.10 Å². The number of carbonyl (C=O) groups excluding carboxylic acids is 1. The van der Waals surface area contributed by atoms with Crippen LogP contribution in [-0.4, -0.2) is 15.4 Å². The Morgan fingerprint density at radius 1 is 1.44 bits per heavy atom. The summed E-state index contributed by atoms with van der Waals surface area (Å²) >= 11 is 1.10. The van der Waals surface area contributed by atoms with Gasteiger partial charge >= 0.3 is 0 Å².